The molecule has 0 atom stereocenters. The fourth-order valence-corrected chi connectivity index (χ4v) is 3.42. The fourth-order valence-electron chi connectivity index (χ4n) is 3.23. The Labute approximate surface area is 163 Å². The highest BCUT2D eigenvalue weighted by Gasteiger charge is 2.26. The number of benzene rings is 1. The van der Waals surface area contributed by atoms with Gasteiger partial charge in [0, 0.05) is 25.1 Å². The second-order valence-corrected chi connectivity index (χ2v) is 7.34. The molecule has 2 N–H and O–H groups in total. The van der Waals surface area contributed by atoms with Crippen LogP contribution in [0.3, 0.4) is 0 Å². The summed E-state index contributed by atoms with van der Waals surface area (Å²) in [7, 11) is 0. The average Bonchev–Trinajstić information content (AvgIpc) is 3.11. The first-order chi connectivity index (χ1) is 13.0. The number of piperidine rings is 1. The van der Waals surface area contributed by atoms with E-state index in [0.717, 1.165) is 12.8 Å². The van der Waals surface area contributed by atoms with Crippen LogP contribution in [0.25, 0.3) is 0 Å². The van der Waals surface area contributed by atoms with Gasteiger partial charge in [-0.3, -0.25) is 10.1 Å². The van der Waals surface area contributed by atoms with Crippen molar-refractivity contribution >= 4 is 35.0 Å². The molecule has 1 aromatic heterocycles. The standard InChI is InChI=1S/C19H24ClN5O2/c1-13(2)18(26)24-11-8-14(9-12-24)25-17(7-10-21-25)23-19(27)22-16-6-4-3-5-15(16)20/h3-7,10,13-14H,8-9,11-12H2,1-2H3,(H2,22,23,27). The van der Waals surface area contributed by atoms with E-state index in [9.17, 15) is 9.59 Å². The van der Waals surface area contributed by atoms with Gasteiger partial charge in [-0.25, -0.2) is 9.48 Å². The topological polar surface area (TPSA) is 79.3 Å². The molecule has 3 rings (SSSR count). The van der Waals surface area contributed by atoms with Gasteiger partial charge in [0.15, 0.2) is 0 Å². The minimum absolute atomic E-state index is 0.0111. The molecule has 0 radical (unpaired) electrons. The van der Waals surface area contributed by atoms with Gasteiger partial charge in [-0.2, -0.15) is 5.10 Å². The zero-order chi connectivity index (χ0) is 19.4. The third kappa shape index (κ3) is 4.60. The Hall–Kier alpha value is -2.54. The number of carbonyl (C=O) groups is 2. The summed E-state index contributed by atoms with van der Waals surface area (Å²) in [6.45, 7) is 5.24. The minimum Gasteiger partial charge on any atom is -0.342 e. The highest BCUT2D eigenvalue weighted by atomic mass is 35.5. The maximum atomic E-state index is 12.3. The number of para-hydroxylation sites is 1. The van der Waals surface area contributed by atoms with E-state index in [-0.39, 0.29) is 23.9 Å². The molecular weight excluding hydrogens is 366 g/mol. The van der Waals surface area contributed by atoms with Crippen LogP contribution < -0.4 is 10.6 Å². The van der Waals surface area contributed by atoms with Crippen LogP contribution in [0.1, 0.15) is 32.7 Å². The van der Waals surface area contributed by atoms with E-state index in [1.807, 2.05) is 23.4 Å². The van der Waals surface area contributed by atoms with Crippen LogP contribution in [0.5, 0.6) is 0 Å². The van der Waals surface area contributed by atoms with Crippen LogP contribution in [-0.2, 0) is 4.79 Å². The number of amides is 3. The van der Waals surface area contributed by atoms with Crippen LogP contribution in [0, 0.1) is 5.92 Å². The largest absolute Gasteiger partial charge is 0.342 e. The van der Waals surface area contributed by atoms with Gasteiger partial charge in [0.2, 0.25) is 5.91 Å². The molecule has 7 nitrogen and oxygen atoms in total. The molecule has 2 aromatic rings. The first kappa shape index (κ1) is 19.2. The number of urea groups is 1. The third-order valence-corrected chi connectivity index (χ3v) is 4.98. The number of hydrogen-bond acceptors (Lipinski definition) is 3. The van der Waals surface area contributed by atoms with Gasteiger partial charge < -0.3 is 10.2 Å². The molecule has 1 fully saturated rings. The minimum atomic E-state index is -0.378. The van der Waals surface area contributed by atoms with Crippen molar-refractivity contribution in [2.75, 3.05) is 23.7 Å². The van der Waals surface area contributed by atoms with Gasteiger partial charge in [0.05, 0.1) is 22.9 Å². The summed E-state index contributed by atoms with van der Waals surface area (Å²) in [6, 6.07) is 8.59. The summed E-state index contributed by atoms with van der Waals surface area (Å²) in [6.07, 6.45) is 3.28. The number of likely N-dealkylation sites (tertiary alicyclic amines) is 1. The SMILES string of the molecule is CC(C)C(=O)N1CCC(n2nccc2NC(=O)Nc2ccccc2Cl)CC1. The van der Waals surface area contributed by atoms with Crippen LogP contribution >= 0.6 is 11.6 Å². The lowest BCUT2D eigenvalue weighted by Crippen LogP contribution is -2.41. The van der Waals surface area contributed by atoms with Crippen LogP contribution in [0.4, 0.5) is 16.3 Å². The van der Waals surface area contributed by atoms with Gasteiger partial charge in [-0.1, -0.05) is 37.6 Å². The number of rotatable bonds is 4. The van der Waals surface area contributed by atoms with Crippen molar-refractivity contribution in [3.05, 3.63) is 41.6 Å². The molecule has 27 heavy (non-hydrogen) atoms. The normalized spacial score (nSPS) is 15.0. The van der Waals surface area contributed by atoms with Crippen LogP contribution in [-0.4, -0.2) is 39.7 Å². The van der Waals surface area contributed by atoms with Gasteiger partial charge in [-0.05, 0) is 25.0 Å². The molecule has 3 amide bonds. The first-order valence-corrected chi connectivity index (χ1v) is 9.48. The third-order valence-electron chi connectivity index (χ3n) is 4.65. The van der Waals surface area contributed by atoms with Crippen molar-refractivity contribution in [3.63, 3.8) is 0 Å². The van der Waals surface area contributed by atoms with Crippen LogP contribution in [0.15, 0.2) is 36.5 Å². The average molecular weight is 390 g/mol. The van der Waals surface area contributed by atoms with Crippen molar-refractivity contribution in [1.29, 1.82) is 0 Å². The summed E-state index contributed by atoms with van der Waals surface area (Å²) in [5, 5.41) is 10.4. The summed E-state index contributed by atoms with van der Waals surface area (Å²) in [5.41, 5.74) is 0.545. The Morgan fingerprint density at radius 3 is 2.52 bits per heavy atom. The molecule has 144 valence electrons. The van der Waals surface area contributed by atoms with Crippen molar-refractivity contribution in [1.82, 2.24) is 14.7 Å². The van der Waals surface area contributed by atoms with Gasteiger partial charge in [-0.15, -0.1) is 0 Å². The van der Waals surface area contributed by atoms with E-state index in [4.69, 9.17) is 11.6 Å². The van der Waals surface area contributed by atoms with E-state index >= 15 is 0 Å². The molecule has 0 spiro atoms. The summed E-state index contributed by atoms with van der Waals surface area (Å²) < 4.78 is 1.82. The Bertz CT molecular complexity index is 812. The van der Waals surface area contributed by atoms with Gasteiger partial charge in [0.1, 0.15) is 5.82 Å². The molecule has 8 heteroatoms. The van der Waals surface area contributed by atoms with E-state index in [0.29, 0.717) is 29.6 Å². The van der Waals surface area contributed by atoms with E-state index in [1.54, 1.807) is 36.5 Å². The molecule has 1 aromatic carbocycles. The molecule has 0 saturated carbocycles. The Morgan fingerprint density at radius 1 is 1.15 bits per heavy atom. The number of carbonyl (C=O) groups excluding carboxylic acids is 2. The summed E-state index contributed by atoms with van der Waals surface area (Å²) in [5.74, 6) is 0.816. The second-order valence-electron chi connectivity index (χ2n) is 6.93. The predicted molar refractivity (Wildman–Crippen MR) is 106 cm³/mol. The monoisotopic (exact) mass is 389 g/mol. The number of anilines is 2. The highest BCUT2D eigenvalue weighted by Crippen LogP contribution is 2.26. The maximum Gasteiger partial charge on any atom is 0.324 e. The Balaban J connectivity index is 1.61. The van der Waals surface area contributed by atoms with Crippen molar-refractivity contribution < 1.29 is 9.59 Å². The molecule has 0 unspecified atom stereocenters. The molecule has 1 aliphatic rings. The van der Waals surface area contributed by atoms with Crippen molar-refractivity contribution in [3.8, 4) is 0 Å². The quantitative estimate of drug-likeness (QED) is 0.829. The zero-order valence-corrected chi connectivity index (χ0v) is 16.2. The molecular formula is C19H24ClN5O2. The number of nitrogens with one attached hydrogen (secondary N) is 2. The molecule has 1 aliphatic heterocycles. The van der Waals surface area contributed by atoms with E-state index in [2.05, 4.69) is 15.7 Å². The van der Waals surface area contributed by atoms with E-state index in [1.165, 1.54) is 0 Å². The lowest BCUT2D eigenvalue weighted by Gasteiger charge is -2.33. The van der Waals surface area contributed by atoms with Gasteiger partial charge in [0.25, 0.3) is 0 Å². The number of hydrogen-bond donors (Lipinski definition) is 2. The molecule has 1 saturated heterocycles. The summed E-state index contributed by atoms with van der Waals surface area (Å²) in [4.78, 5) is 26.3. The van der Waals surface area contributed by atoms with Crippen LogP contribution in [0.2, 0.25) is 5.02 Å². The number of halogens is 1. The fraction of sp³-hybridized carbons (Fsp3) is 0.421. The first-order valence-electron chi connectivity index (χ1n) is 9.10. The predicted octanol–water partition coefficient (Wildman–Crippen LogP) is 4.00. The number of nitrogens with zero attached hydrogens (tertiary/aromatic N) is 3. The van der Waals surface area contributed by atoms with E-state index < -0.39 is 0 Å². The second kappa shape index (κ2) is 8.43. The number of aromatic nitrogens is 2. The Kier molecular flexibility index (Phi) is 6.01. The van der Waals surface area contributed by atoms with Crippen molar-refractivity contribution in [2.45, 2.75) is 32.7 Å². The van der Waals surface area contributed by atoms with Crippen molar-refractivity contribution in [2.24, 2.45) is 5.92 Å². The lowest BCUT2D eigenvalue weighted by atomic mass is 10.0. The maximum absolute atomic E-state index is 12.3. The molecule has 0 bridgehead atoms. The summed E-state index contributed by atoms with van der Waals surface area (Å²) >= 11 is 6.07. The zero-order valence-electron chi connectivity index (χ0n) is 15.5. The van der Waals surface area contributed by atoms with Gasteiger partial charge >= 0.3 is 6.03 Å². The Morgan fingerprint density at radius 2 is 1.85 bits per heavy atom. The highest BCUT2D eigenvalue weighted by molar-refractivity contribution is 6.33. The molecule has 2 heterocycles. The smallest absolute Gasteiger partial charge is 0.324 e. The lowest BCUT2D eigenvalue weighted by molar-refractivity contribution is -0.135. The molecule has 0 aliphatic carbocycles.